The van der Waals surface area contributed by atoms with Crippen molar-refractivity contribution in [2.45, 2.75) is 115 Å². The first-order valence-corrected chi connectivity index (χ1v) is 24.0. The molecule has 4 amide bonds. The van der Waals surface area contributed by atoms with Gasteiger partial charge in [0.25, 0.3) is 0 Å². The van der Waals surface area contributed by atoms with E-state index >= 15 is 0 Å². The number of nitrogens with one attached hydrogen (secondary N) is 4. The van der Waals surface area contributed by atoms with Crippen LogP contribution in [0.2, 0.25) is 0 Å². The molecular weight excluding hydrogens is 833 g/mol. The molecule has 1 spiro atoms. The third-order valence-corrected chi connectivity index (χ3v) is 15.0. The van der Waals surface area contributed by atoms with Crippen LogP contribution in [-0.2, 0) is 30.9 Å². The molecule has 348 valence electrons. The summed E-state index contributed by atoms with van der Waals surface area (Å²) in [5.74, 6) is 1.03. The summed E-state index contributed by atoms with van der Waals surface area (Å²) in [5, 5.41) is 5.47. The van der Waals surface area contributed by atoms with Crippen LogP contribution >= 0.6 is 0 Å². The second-order valence-electron chi connectivity index (χ2n) is 19.6. The number of ether oxygens (including phenoxy) is 2. The lowest BCUT2D eigenvalue weighted by Crippen LogP contribution is -2.51. The fourth-order valence-corrected chi connectivity index (χ4v) is 11.5. The summed E-state index contributed by atoms with van der Waals surface area (Å²) in [6.45, 7) is 9.34. The van der Waals surface area contributed by atoms with Crippen molar-refractivity contribution in [2.75, 3.05) is 33.9 Å². The van der Waals surface area contributed by atoms with Crippen molar-refractivity contribution in [3.63, 3.8) is 0 Å². The lowest BCUT2D eigenvalue weighted by Gasteiger charge is -2.30. The minimum absolute atomic E-state index is 0.0292. The van der Waals surface area contributed by atoms with Gasteiger partial charge in [0, 0.05) is 19.6 Å². The van der Waals surface area contributed by atoms with Crippen molar-refractivity contribution in [3.05, 3.63) is 83.6 Å². The predicted octanol–water partition coefficient (Wildman–Crippen LogP) is 9.38. The average molecular weight is 897 g/mol. The number of nitrogens with zero attached hydrogens (tertiary/aromatic N) is 4. The maximum Gasteiger partial charge on any atom is 0.407 e. The van der Waals surface area contributed by atoms with E-state index in [1.165, 1.54) is 73.3 Å². The first-order chi connectivity index (χ1) is 31.9. The SMILES string of the molecule is COC(=O)NC[C@H](C(=O)N1CCC[C@H]1c1nc2ccc(-c3ccc(-c4ccc(-c5cnc([C@@H]6CCCN6C(=O)[C@@H](NC(=O)OC)C(C)C)[nH]5)cc4)c4c3C3(CCCC3)CC4)cc2[nH]1)C(C)C. The average Bonchev–Trinajstić information content (AvgIpc) is 4.19. The van der Waals surface area contributed by atoms with Crippen LogP contribution in [0, 0.1) is 17.8 Å². The number of alkyl carbamates (subject to hydrolysis) is 2. The van der Waals surface area contributed by atoms with Crippen molar-refractivity contribution in [1.29, 1.82) is 0 Å². The molecule has 1 saturated carbocycles. The van der Waals surface area contributed by atoms with Gasteiger partial charge in [-0.3, -0.25) is 9.59 Å². The number of amides is 4. The second kappa shape index (κ2) is 18.6. The highest BCUT2D eigenvalue weighted by Gasteiger charge is 2.44. The van der Waals surface area contributed by atoms with Gasteiger partial charge >= 0.3 is 12.2 Å². The van der Waals surface area contributed by atoms with E-state index in [1.54, 1.807) is 0 Å². The minimum Gasteiger partial charge on any atom is -0.453 e. The Morgan fingerprint density at radius 1 is 0.742 bits per heavy atom. The molecule has 2 saturated heterocycles. The first-order valence-electron chi connectivity index (χ1n) is 24.0. The van der Waals surface area contributed by atoms with Crippen molar-refractivity contribution < 1.29 is 28.7 Å². The number of aromatic amines is 2. The van der Waals surface area contributed by atoms with E-state index in [-0.39, 0.29) is 53.6 Å². The van der Waals surface area contributed by atoms with E-state index in [9.17, 15) is 19.2 Å². The molecule has 4 N–H and O–H groups in total. The monoisotopic (exact) mass is 896 g/mol. The zero-order valence-corrected chi connectivity index (χ0v) is 39.2. The summed E-state index contributed by atoms with van der Waals surface area (Å²) in [6.07, 6.45) is 11.2. The molecule has 14 heteroatoms. The molecule has 3 aromatic carbocycles. The van der Waals surface area contributed by atoms with E-state index in [1.807, 2.05) is 43.7 Å². The van der Waals surface area contributed by atoms with Crippen molar-refractivity contribution in [3.8, 4) is 33.5 Å². The summed E-state index contributed by atoms with van der Waals surface area (Å²) in [4.78, 5) is 72.4. The molecule has 0 unspecified atom stereocenters. The topological polar surface area (TPSA) is 175 Å². The van der Waals surface area contributed by atoms with Gasteiger partial charge in [-0.15, -0.1) is 0 Å². The highest BCUT2D eigenvalue weighted by atomic mass is 16.5. The number of carbonyl (C=O) groups excluding carboxylic acids is 4. The third kappa shape index (κ3) is 8.43. The second-order valence-corrected chi connectivity index (χ2v) is 19.6. The van der Waals surface area contributed by atoms with E-state index in [4.69, 9.17) is 19.4 Å². The molecule has 4 aliphatic rings. The maximum absolute atomic E-state index is 14.0. The van der Waals surface area contributed by atoms with Crippen LogP contribution in [-0.4, -0.2) is 93.6 Å². The highest BCUT2D eigenvalue weighted by molar-refractivity contribution is 5.88. The Balaban J connectivity index is 0.965. The molecule has 2 aromatic heterocycles. The molecule has 2 aliphatic heterocycles. The Morgan fingerprint density at radius 2 is 1.39 bits per heavy atom. The van der Waals surface area contributed by atoms with Gasteiger partial charge in [-0.05, 0) is 120 Å². The van der Waals surface area contributed by atoms with E-state index < -0.39 is 18.2 Å². The Hall–Kier alpha value is -6.18. The fourth-order valence-electron chi connectivity index (χ4n) is 11.5. The number of imidazole rings is 2. The van der Waals surface area contributed by atoms with Crippen LogP contribution < -0.4 is 10.6 Å². The number of methoxy groups -OCH3 is 2. The van der Waals surface area contributed by atoms with Gasteiger partial charge in [0.15, 0.2) is 0 Å². The lowest BCUT2D eigenvalue weighted by atomic mass is 9.76. The highest BCUT2D eigenvalue weighted by Crippen LogP contribution is 2.55. The van der Waals surface area contributed by atoms with Crippen molar-refractivity contribution in [2.24, 2.45) is 17.8 Å². The van der Waals surface area contributed by atoms with Crippen molar-refractivity contribution >= 4 is 35.0 Å². The zero-order valence-electron chi connectivity index (χ0n) is 39.2. The number of carbonyl (C=O) groups is 4. The number of hydrogen-bond acceptors (Lipinski definition) is 8. The number of likely N-dealkylation sites (tertiary alicyclic amines) is 2. The van der Waals surface area contributed by atoms with Gasteiger partial charge in [0.1, 0.15) is 17.7 Å². The van der Waals surface area contributed by atoms with Gasteiger partial charge < -0.3 is 39.9 Å². The summed E-state index contributed by atoms with van der Waals surface area (Å²) in [5.41, 5.74) is 11.8. The summed E-state index contributed by atoms with van der Waals surface area (Å²) in [7, 11) is 2.63. The smallest absolute Gasteiger partial charge is 0.407 e. The first kappa shape index (κ1) is 45.0. The van der Waals surface area contributed by atoms with Gasteiger partial charge in [-0.2, -0.15) is 0 Å². The number of rotatable bonds is 12. The van der Waals surface area contributed by atoms with Crippen LogP contribution in [0.3, 0.4) is 0 Å². The molecular formula is C52H64N8O6. The number of H-pyrrole nitrogens is 2. The van der Waals surface area contributed by atoms with Gasteiger partial charge in [0.05, 0.1) is 55.1 Å². The molecule has 2 aliphatic carbocycles. The Morgan fingerprint density at radius 3 is 2.08 bits per heavy atom. The summed E-state index contributed by atoms with van der Waals surface area (Å²) < 4.78 is 9.58. The predicted molar refractivity (Wildman–Crippen MR) is 253 cm³/mol. The molecule has 9 rings (SSSR count). The van der Waals surface area contributed by atoms with E-state index in [0.29, 0.717) is 13.1 Å². The van der Waals surface area contributed by atoms with Crippen LogP contribution in [0.15, 0.2) is 60.8 Å². The van der Waals surface area contributed by atoms with Crippen LogP contribution in [0.4, 0.5) is 9.59 Å². The van der Waals surface area contributed by atoms with Gasteiger partial charge in [-0.25, -0.2) is 19.6 Å². The van der Waals surface area contributed by atoms with E-state index in [0.717, 1.165) is 72.5 Å². The third-order valence-electron chi connectivity index (χ3n) is 15.0. The number of hydrogen-bond donors (Lipinski definition) is 4. The molecule has 14 nitrogen and oxygen atoms in total. The minimum atomic E-state index is -0.685. The Labute approximate surface area is 387 Å². The molecule has 3 fully saturated rings. The molecule has 0 bridgehead atoms. The van der Waals surface area contributed by atoms with Crippen molar-refractivity contribution in [1.82, 2.24) is 40.4 Å². The molecule has 5 aromatic rings. The van der Waals surface area contributed by atoms with Crippen LogP contribution in [0.25, 0.3) is 44.5 Å². The maximum atomic E-state index is 14.0. The standard InChI is InChI=1S/C52H64N8O6/c1-30(2)38(28-54-50(63)65-5)48(61)59-25-10-12-43(59)47-55-39-20-17-34(27-40(39)56-47)36-19-18-35(37-21-24-52(44(36)37)22-7-8-23-52)32-13-15-33(16-14-32)41-29-53-46(57-41)42-11-9-26-60(42)49(62)45(31(3)4)58-51(64)66-6/h13-20,27,29-31,38,42-43,45H,7-12,21-26,28H2,1-6H3,(H,53,57)(H,54,63)(H,55,56)(H,58,64)/t38-,42-,43-,45-/m0/s1. The number of aromatic nitrogens is 4. The Bertz CT molecular complexity index is 2610. The molecule has 4 heterocycles. The fraction of sp³-hybridized carbons (Fsp3) is 0.500. The quantitative estimate of drug-likeness (QED) is 0.0959. The largest absolute Gasteiger partial charge is 0.453 e. The normalized spacial score (nSPS) is 19.8. The van der Waals surface area contributed by atoms with Gasteiger partial charge in [-0.1, -0.05) is 83.0 Å². The molecule has 0 radical (unpaired) electrons. The zero-order chi connectivity index (χ0) is 46.3. The van der Waals surface area contributed by atoms with Crippen LogP contribution in [0.5, 0.6) is 0 Å². The number of benzene rings is 3. The van der Waals surface area contributed by atoms with E-state index in [2.05, 4.69) is 75.2 Å². The number of fused-ring (bicyclic) bond motifs is 3. The molecule has 4 atom stereocenters. The molecule has 66 heavy (non-hydrogen) atoms. The lowest BCUT2D eigenvalue weighted by molar-refractivity contribution is -0.138. The summed E-state index contributed by atoms with van der Waals surface area (Å²) in [6, 6.07) is 18.9. The van der Waals surface area contributed by atoms with Crippen LogP contribution in [0.1, 0.15) is 120 Å². The Kier molecular flexibility index (Phi) is 12.7. The summed E-state index contributed by atoms with van der Waals surface area (Å²) >= 11 is 0. The van der Waals surface area contributed by atoms with Gasteiger partial charge in [0.2, 0.25) is 11.8 Å².